The van der Waals surface area contributed by atoms with Crippen LogP contribution in [-0.4, -0.2) is 28.0 Å². The zero-order chi connectivity index (χ0) is 24.7. The van der Waals surface area contributed by atoms with Crippen LogP contribution in [0.15, 0.2) is 91.0 Å². The molecule has 0 N–H and O–H groups in total. The lowest BCUT2D eigenvalue weighted by Crippen LogP contribution is -2.46. The molecule has 36 heavy (non-hydrogen) atoms. The maximum atomic E-state index is 11.9. The first-order valence-corrected chi connectivity index (χ1v) is 13.0. The smallest absolute Gasteiger partial charge is 0.169 e. The highest BCUT2D eigenvalue weighted by Gasteiger charge is 2.42. The fourth-order valence-corrected chi connectivity index (χ4v) is 5.08. The second kappa shape index (κ2) is 11.9. The minimum atomic E-state index is -0.509. The topological polar surface area (TPSA) is 62.6 Å². The van der Waals surface area contributed by atoms with Crippen molar-refractivity contribution in [3.05, 3.63) is 123 Å². The highest BCUT2D eigenvalue weighted by molar-refractivity contribution is 14.1. The average Bonchev–Trinajstić information content (AvgIpc) is 3.25. The molecule has 1 aliphatic rings. The van der Waals surface area contributed by atoms with E-state index < -0.39 is 12.2 Å². The van der Waals surface area contributed by atoms with Crippen molar-refractivity contribution in [1.29, 1.82) is 0 Å². The number of aldehydes is 1. The first kappa shape index (κ1) is 24.8. The van der Waals surface area contributed by atoms with Crippen LogP contribution >= 0.6 is 22.6 Å². The SMILES string of the molecule is O=Cc1c(I)nc2n1C[C@H](OCc1ccccc1)[C@H](OCc1ccccc1)[C@H]2OCc1ccccc1. The average molecular weight is 594 g/mol. The normalized spacial score (nSPS) is 19.1. The standard InChI is InChI=1S/C29H27IN2O4/c30-28-24(17-33)32-16-25(34-18-21-10-4-1-5-11-21)26(35-19-22-12-6-2-7-13-22)27(29(32)31-28)36-20-23-14-8-3-9-15-23/h1-15,17,25-27H,16,18-20H2/t25-,26-,27+/m0/s1. The van der Waals surface area contributed by atoms with Crippen molar-refractivity contribution in [1.82, 2.24) is 9.55 Å². The molecule has 4 aromatic rings. The Morgan fingerprint density at radius 3 is 1.81 bits per heavy atom. The van der Waals surface area contributed by atoms with Crippen molar-refractivity contribution in [2.45, 2.75) is 44.7 Å². The Hall–Kier alpha value is -2.85. The highest BCUT2D eigenvalue weighted by atomic mass is 127. The van der Waals surface area contributed by atoms with Crippen molar-refractivity contribution < 1.29 is 19.0 Å². The Bertz CT molecular complexity index is 1260. The summed E-state index contributed by atoms with van der Waals surface area (Å²) in [6.07, 6.45) is -0.411. The summed E-state index contributed by atoms with van der Waals surface area (Å²) in [5.41, 5.74) is 3.73. The largest absolute Gasteiger partial charge is 0.369 e. The molecule has 0 amide bonds. The van der Waals surface area contributed by atoms with Crippen LogP contribution in [0.1, 0.15) is 39.1 Å². The number of halogens is 1. The van der Waals surface area contributed by atoms with Crippen molar-refractivity contribution in [3.8, 4) is 0 Å². The molecule has 1 aliphatic heterocycles. The lowest BCUT2D eigenvalue weighted by molar-refractivity contribution is -0.171. The first-order chi connectivity index (χ1) is 17.7. The third-order valence-corrected chi connectivity index (χ3v) is 7.04. The summed E-state index contributed by atoms with van der Waals surface area (Å²) in [5, 5.41) is 0. The highest BCUT2D eigenvalue weighted by Crippen LogP contribution is 2.35. The monoisotopic (exact) mass is 594 g/mol. The minimum absolute atomic E-state index is 0.342. The molecule has 0 saturated carbocycles. The van der Waals surface area contributed by atoms with E-state index in [0.29, 0.717) is 41.6 Å². The molecule has 0 bridgehead atoms. The molecule has 6 nitrogen and oxygen atoms in total. The molecule has 1 aromatic heterocycles. The van der Waals surface area contributed by atoms with Crippen LogP contribution in [0.5, 0.6) is 0 Å². The van der Waals surface area contributed by atoms with E-state index in [9.17, 15) is 4.79 Å². The molecule has 0 radical (unpaired) electrons. The number of carbonyl (C=O) groups excluding carboxylic acids is 1. The second-order valence-corrected chi connectivity index (χ2v) is 9.71. The van der Waals surface area contributed by atoms with Gasteiger partial charge in [-0.3, -0.25) is 4.79 Å². The molecule has 0 spiro atoms. The van der Waals surface area contributed by atoms with Gasteiger partial charge in [-0.2, -0.15) is 0 Å². The molecule has 3 atom stereocenters. The van der Waals surface area contributed by atoms with Crippen LogP contribution in [0.2, 0.25) is 0 Å². The number of fused-ring (bicyclic) bond motifs is 1. The van der Waals surface area contributed by atoms with Gasteiger partial charge in [0.1, 0.15) is 33.5 Å². The minimum Gasteiger partial charge on any atom is -0.369 e. The molecule has 5 rings (SSSR count). The molecular formula is C29H27IN2O4. The van der Waals surface area contributed by atoms with E-state index in [1.807, 2.05) is 95.6 Å². The predicted molar refractivity (Wildman–Crippen MR) is 144 cm³/mol. The summed E-state index contributed by atoms with van der Waals surface area (Å²) in [6.45, 7) is 1.69. The van der Waals surface area contributed by atoms with E-state index >= 15 is 0 Å². The van der Waals surface area contributed by atoms with Crippen LogP contribution < -0.4 is 0 Å². The lowest BCUT2D eigenvalue weighted by atomic mass is 10.0. The molecule has 184 valence electrons. The van der Waals surface area contributed by atoms with Gasteiger partial charge >= 0.3 is 0 Å². The summed E-state index contributed by atoms with van der Waals surface area (Å²) in [7, 11) is 0. The summed E-state index contributed by atoms with van der Waals surface area (Å²) in [6, 6.07) is 30.1. The maximum Gasteiger partial charge on any atom is 0.169 e. The van der Waals surface area contributed by atoms with E-state index in [0.717, 1.165) is 23.0 Å². The predicted octanol–water partition coefficient (Wildman–Crippen LogP) is 5.74. The third-order valence-electron chi connectivity index (χ3n) is 6.25. The van der Waals surface area contributed by atoms with E-state index in [1.54, 1.807) is 0 Å². The number of hydrogen-bond donors (Lipinski definition) is 0. The van der Waals surface area contributed by atoms with Gasteiger partial charge < -0.3 is 18.8 Å². The van der Waals surface area contributed by atoms with E-state index in [-0.39, 0.29) is 6.10 Å². The molecule has 2 heterocycles. The molecular weight excluding hydrogens is 567 g/mol. The third kappa shape index (κ3) is 5.75. The lowest BCUT2D eigenvalue weighted by Gasteiger charge is -2.38. The Morgan fingerprint density at radius 2 is 1.28 bits per heavy atom. The van der Waals surface area contributed by atoms with Gasteiger partial charge in [-0.15, -0.1) is 0 Å². The zero-order valence-corrected chi connectivity index (χ0v) is 21.9. The van der Waals surface area contributed by atoms with Crippen LogP contribution in [-0.2, 0) is 40.6 Å². The van der Waals surface area contributed by atoms with Gasteiger partial charge in [-0.05, 0) is 39.3 Å². The number of imidazole rings is 1. The Kier molecular flexibility index (Phi) is 8.22. The van der Waals surface area contributed by atoms with Gasteiger partial charge in [0.2, 0.25) is 0 Å². The fourth-order valence-electron chi connectivity index (χ4n) is 4.42. The van der Waals surface area contributed by atoms with Gasteiger partial charge in [0.05, 0.1) is 26.4 Å². The fraction of sp³-hybridized carbons (Fsp3) is 0.241. The number of rotatable bonds is 10. The number of aromatic nitrogens is 2. The second-order valence-electron chi connectivity index (χ2n) is 8.69. The Labute approximate surface area is 224 Å². The van der Waals surface area contributed by atoms with E-state index in [4.69, 9.17) is 19.2 Å². The zero-order valence-electron chi connectivity index (χ0n) is 19.7. The van der Waals surface area contributed by atoms with Gasteiger partial charge in [0.15, 0.2) is 6.29 Å². The number of nitrogens with zero attached hydrogens (tertiary/aromatic N) is 2. The van der Waals surface area contributed by atoms with Crippen molar-refractivity contribution in [2.75, 3.05) is 0 Å². The molecule has 0 aliphatic carbocycles. The summed E-state index contributed by atoms with van der Waals surface area (Å²) < 4.78 is 22.0. The number of benzene rings is 3. The van der Waals surface area contributed by atoms with E-state index in [1.165, 1.54) is 0 Å². The quantitative estimate of drug-likeness (QED) is 0.173. The molecule has 7 heteroatoms. The van der Waals surface area contributed by atoms with Crippen molar-refractivity contribution >= 4 is 28.9 Å². The van der Waals surface area contributed by atoms with Gasteiger partial charge in [-0.1, -0.05) is 91.0 Å². The van der Waals surface area contributed by atoms with Gasteiger partial charge in [0.25, 0.3) is 0 Å². The molecule has 0 unspecified atom stereocenters. The number of hydrogen-bond acceptors (Lipinski definition) is 5. The molecule has 0 saturated heterocycles. The van der Waals surface area contributed by atoms with Crippen LogP contribution in [0.3, 0.4) is 0 Å². The molecule has 0 fully saturated rings. The van der Waals surface area contributed by atoms with Crippen LogP contribution in [0.4, 0.5) is 0 Å². The van der Waals surface area contributed by atoms with Crippen molar-refractivity contribution in [3.63, 3.8) is 0 Å². The van der Waals surface area contributed by atoms with Gasteiger partial charge in [0, 0.05) is 0 Å². The van der Waals surface area contributed by atoms with E-state index in [2.05, 4.69) is 22.6 Å². The van der Waals surface area contributed by atoms with Gasteiger partial charge in [-0.25, -0.2) is 4.98 Å². The summed E-state index contributed by atoms with van der Waals surface area (Å²) in [4.78, 5) is 16.7. The Balaban J connectivity index is 1.46. The van der Waals surface area contributed by atoms with Crippen LogP contribution in [0, 0.1) is 3.70 Å². The summed E-state index contributed by atoms with van der Waals surface area (Å²) in [5.74, 6) is 0.690. The first-order valence-electron chi connectivity index (χ1n) is 11.9. The molecule has 3 aromatic carbocycles. The maximum absolute atomic E-state index is 11.9. The summed E-state index contributed by atoms with van der Waals surface area (Å²) >= 11 is 2.11. The Morgan fingerprint density at radius 1 is 0.778 bits per heavy atom. The van der Waals surface area contributed by atoms with Crippen molar-refractivity contribution in [2.24, 2.45) is 0 Å². The number of ether oxygens (including phenoxy) is 3. The number of carbonyl (C=O) groups is 1. The van der Waals surface area contributed by atoms with Crippen LogP contribution in [0.25, 0.3) is 0 Å².